The van der Waals surface area contributed by atoms with Gasteiger partial charge >= 0.3 is 5.97 Å². The van der Waals surface area contributed by atoms with Crippen LogP contribution in [0.4, 0.5) is 0 Å². The molecule has 4 aromatic carbocycles. The van der Waals surface area contributed by atoms with Crippen LogP contribution in [0.25, 0.3) is 21.5 Å². The monoisotopic (exact) mass is 411 g/mol. The Kier molecular flexibility index (Phi) is 5.72. The molecule has 0 aliphatic rings. The molecule has 0 saturated heterocycles. The maximum atomic E-state index is 13.0. The van der Waals surface area contributed by atoms with Gasteiger partial charge in [0.2, 0.25) is 0 Å². The predicted octanol–water partition coefficient (Wildman–Crippen LogP) is 5.12. The van der Waals surface area contributed by atoms with E-state index in [1.54, 1.807) is 0 Å². The first-order valence-electron chi connectivity index (χ1n) is 10.3. The second-order valence-electron chi connectivity index (χ2n) is 7.93. The molecule has 0 aliphatic heterocycles. The first-order valence-corrected chi connectivity index (χ1v) is 10.3. The number of fused-ring (bicyclic) bond motifs is 2. The van der Waals surface area contributed by atoms with Crippen LogP contribution in [0.1, 0.15) is 27.0 Å². The van der Waals surface area contributed by atoms with Crippen molar-refractivity contribution in [3.05, 3.63) is 95.1 Å². The molecule has 4 rings (SSSR count). The zero-order valence-corrected chi connectivity index (χ0v) is 17.9. The van der Waals surface area contributed by atoms with Gasteiger partial charge in [0.25, 0.3) is 5.91 Å². The van der Waals surface area contributed by atoms with Crippen LogP contribution >= 0.6 is 0 Å². The van der Waals surface area contributed by atoms with Crippen LogP contribution in [-0.2, 0) is 16.0 Å². The Balaban J connectivity index is 1.75. The van der Waals surface area contributed by atoms with Gasteiger partial charge in [-0.2, -0.15) is 0 Å². The molecule has 1 N–H and O–H groups in total. The number of amides is 1. The average Bonchev–Trinajstić information content (AvgIpc) is 2.77. The van der Waals surface area contributed by atoms with Gasteiger partial charge in [0.1, 0.15) is 6.04 Å². The third kappa shape index (κ3) is 4.29. The second-order valence-corrected chi connectivity index (χ2v) is 7.93. The smallest absolute Gasteiger partial charge is 0.328 e. The molecule has 0 heterocycles. The van der Waals surface area contributed by atoms with E-state index in [1.807, 2.05) is 56.3 Å². The Morgan fingerprint density at radius 2 is 1.39 bits per heavy atom. The van der Waals surface area contributed by atoms with Gasteiger partial charge in [-0.25, -0.2) is 4.79 Å². The van der Waals surface area contributed by atoms with E-state index in [2.05, 4.69) is 35.6 Å². The number of hydrogen-bond acceptors (Lipinski definition) is 3. The Labute approximate surface area is 181 Å². The van der Waals surface area contributed by atoms with E-state index in [9.17, 15) is 9.59 Å². The first kappa shape index (κ1) is 20.6. The van der Waals surface area contributed by atoms with Crippen LogP contribution in [0, 0.1) is 13.8 Å². The summed E-state index contributed by atoms with van der Waals surface area (Å²) >= 11 is 0. The van der Waals surface area contributed by atoms with Gasteiger partial charge in [0.05, 0.1) is 7.11 Å². The molecular formula is C27H25NO3. The van der Waals surface area contributed by atoms with E-state index in [4.69, 9.17) is 4.74 Å². The summed E-state index contributed by atoms with van der Waals surface area (Å²) in [7, 11) is 1.35. The van der Waals surface area contributed by atoms with Crippen LogP contribution in [0.2, 0.25) is 0 Å². The lowest BCUT2D eigenvalue weighted by Crippen LogP contribution is -2.43. The maximum Gasteiger partial charge on any atom is 0.328 e. The lowest BCUT2D eigenvalue weighted by atomic mass is 9.92. The van der Waals surface area contributed by atoms with Crippen LogP contribution in [-0.4, -0.2) is 25.0 Å². The Hall–Kier alpha value is -3.66. The van der Waals surface area contributed by atoms with Gasteiger partial charge in [0, 0.05) is 12.0 Å². The number of rotatable bonds is 5. The van der Waals surface area contributed by atoms with E-state index < -0.39 is 12.0 Å². The van der Waals surface area contributed by atoms with Crippen molar-refractivity contribution in [2.24, 2.45) is 0 Å². The molecule has 0 saturated carbocycles. The summed E-state index contributed by atoms with van der Waals surface area (Å²) in [4.78, 5) is 25.6. The number of benzene rings is 4. The highest BCUT2D eigenvalue weighted by atomic mass is 16.5. The number of aryl methyl sites for hydroxylation is 2. The number of methoxy groups -OCH3 is 1. The van der Waals surface area contributed by atoms with E-state index >= 15 is 0 Å². The van der Waals surface area contributed by atoms with Crippen LogP contribution < -0.4 is 5.32 Å². The average molecular weight is 412 g/mol. The fourth-order valence-electron chi connectivity index (χ4n) is 4.21. The van der Waals surface area contributed by atoms with E-state index in [0.717, 1.165) is 38.2 Å². The van der Waals surface area contributed by atoms with Gasteiger partial charge in [-0.1, -0.05) is 65.7 Å². The number of carbonyl (C=O) groups is 2. The lowest BCUT2D eigenvalue weighted by molar-refractivity contribution is -0.142. The molecule has 4 nitrogen and oxygen atoms in total. The molecule has 0 unspecified atom stereocenters. The van der Waals surface area contributed by atoms with Crippen molar-refractivity contribution in [2.75, 3.05) is 7.11 Å². The molecule has 0 fully saturated rings. The summed E-state index contributed by atoms with van der Waals surface area (Å²) in [5.74, 6) is -0.749. The number of nitrogens with one attached hydrogen (secondary N) is 1. The van der Waals surface area contributed by atoms with E-state index in [1.165, 1.54) is 7.11 Å². The SMILES string of the molecule is COC(=O)[C@@H](Cc1c2ccccc2cc2ccccc12)NC(=O)c1cc(C)cc(C)c1. The molecule has 4 aromatic rings. The summed E-state index contributed by atoms with van der Waals surface area (Å²) in [6.45, 7) is 3.90. The zero-order valence-electron chi connectivity index (χ0n) is 17.9. The maximum absolute atomic E-state index is 13.0. The van der Waals surface area contributed by atoms with Crippen molar-refractivity contribution >= 4 is 33.4 Å². The summed E-state index contributed by atoms with van der Waals surface area (Å²) in [5.41, 5.74) is 3.55. The van der Waals surface area contributed by atoms with Crippen LogP contribution in [0.3, 0.4) is 0 Å². The predicted molar refractivity (Wildman–Crippen MR) is 124 cm³/mol. The Morgan fingerprint density at radius 3 is 1.94 bits per heavy atom. The summed E-state index contributed by atoms with van der Waals surface area (Å²) in [6.07, 6.45) is 0.338. The zero-order chi connectivity index (χ0) is 22.0. The van der Waals surface area contributed by atoms with Crippen LogP contribution in [0.15, 0.2) is 72.8 Å². The summed E-state index contributed by atoms with van der Waals surface area (Å²) < 4.78 is 5.04. The van der Waals surface area contributed by atoms with Crippen molar-refractivity contribution in [3.63, 3.8) is 0 Å². The normalized spacial score (nSPS) is 12.0. The number of carbonyl (C=O) groups excluding carboxylic acids is 2. The minimum Gasteiger partial charge on any atom is -0.467 e. The Morgan fingerprint density at radius 1 is 0.839 bits per heavy atom. The van der Waals surface area contributed by atoms with Gasteiger partial charge in [-0.05, 0) is 59.2 Å². The van der Waals surface area contributed by atoms with Gasteiger partial charge in [-0.15, -0.1) is 0 Å². The molecular weight excluding hydrogens is 386 g/mol. The van der Waals surface area contributed by atoms with Crippen molar-refractivity contribution < 1.29 is 14.3 Å². The molecule has 0 radical (unpaired) electrons. The minimum absolute atomic E-state index is 0.285. The van der Waals surface area contributed by atoms with Gasteiger partial charge in [-0.3, -0.25) is 4.79 Å². The number of esters is 1. The molecule has 31 heavy (non-hydrogen) atoms. The highest BCUT2D eigenvalue weighted by Crippen LogP contribution is 2.29. The topological polar surface area (TPSA) is 55.4 Å². The van der Waals surface area contributed by atoms with E-state index in [-0.39, 0.29) is 5.91 Å². The molecule has 0 bridgehead atoms. The number of ether oxygens (including phenoxy) is 1. The molecule has 0 spiro atoms. The van der Waals surface area contributed by atoms with Crippen molar-refractivity contribution in [1.82, 2.24) is 5.32 Å². The Bertz CT molecular complexity index is 1220. The van der Waals surface area contributed by atoms with Gasteiger partial charge in [0.15, 0.2) is 0 Å². The molecule has 156 valence electrons. The summed E-state index contributed by atoms with van der Waals surface area (Å²) in [5, 5.41) is 7.23. The third-order valence-corrected chi connectivity index (χ3v) is 5.57. The molecule has 4 heteroatoms. The van der Waals surface area contributed by atoms with E-state index in [0.29, 0.717) is 12.0 Å². The van der Waals surface area contributed by atoms with Crippen molar-refractivity contribution in [2.45, 2.75) is 26.3 Å². The van der Waals surface area contributed by atoms with Crippen LogP contribution in [0.5, 0.6) is 0 Å². The molecule has 0 aliphatic carbocycles. The summed E-state index contributed by atoms with van der Waals surface area (Å²) in [6, 6.07) is 23.2. The third-order valence-electron chi connectivity index (χ3n) is 5.57. The van der Waals surface area contributed by atoms with Crippen molar-refractivity contribution in [1.29, 1.82) is 0 Å². The molecule has 1 amide bonds. The molecule has 1 atom stereocenters. The lowest BCUT2D eigenvalue weighted by Gasteiger charge is -2.19. The highest BCUT2D eigenvalue weighted by Gasteiger charge is 2.24. The fourth-order valence-corrected chi connectivity index (χ4v) is 4.21. The highest BCUT2D eigenvalue weighted by molar-refractivity contribution is 6.03. The quantitative estimate of drug-likeness (QED) is 0.366. The fraction of sp³-hybridized carbons (Fsp3) is 0.185. The number of hydrogen-bond donors (Lipinski definition) is 1. The van der Waals surface area contributed by atoms with Crippen molar-refractivity contribution in [3.8, 4) is 0 Å². The second kappa shape index (κ2) is 8.60. The minimum atomic E-state index is -0.799. The molecule has 0 aromatic heterocycles. The first-order chi connectivity index (χ1) is 15.0. The largest absolute Gasteiger partial charge is 0.467 e. The standard InChI is InChI=1S/C27H25NO3/c1-17-12-18(2)14-21(13-17)26(29)28-25(27(30)31-3)16-24-22-10-6-4-8-19(22)15-20-9-5-7-11-23(20)24/h4-15,25H,16H2,1-3H3,(H,28,29)/t25-/m1/s1. The van der Waals surface area contributed by atoms with Gasteiger partial charge < -0.3 is 10.1 Å².